The van der Waals surface area contributed by atoms with E-state index in [0.29, 0.717) is 5.69 Å². The first kappa shape index (κ1) is 17.0. The van der Waals surface area contributed by atoms with E-state index < -0.39 is 11.9 Å². The van der Waals surface area contributed by atoms with Gasteiger partial charge in [-0.15, -0.1) is 5.10 Å². The summed E-state index contributed by atoms with van der Waals surface area (Å²) in [4.78, 5) is 27.8. The summed E-state index contributed by atoms with van der Waals surface area (Å²) >= 11 is 5.94. The Morgan fingerprint density at radius 3 is 2.57 bits per heavy atom. The lowest BCUT2D eigenvalue weighted by molar-refractivity contribution is 0.0600. The maximum absolute atomic E-state index is 12.2. The standard InChI is InChI=1S/C15H17ClN4O3/c1-15(2,3)20-8-17-12(19-20)13(21)18-9-5-6-11(16)10(7-9)14(22)23-4/h5-8H,1-4H3,(H,18,21). The molecule has 1 aromatic heterocycles. The first-order valence-corrected chi connectivity index (χ1v) is 7.21. The van der Waals surface area contributed by atoms with E-state index in [9.17, 15) is 9.59 Å². The Morgan fingerprint density at radius 1 is 1.30 bits per heavy atom. The summed E-state index contributed by atoms with van der Waals surface area (Å²) < 4.78 is 6.24. The van der Waals surface area contributed by atoms with Crippen molar-refractivity contribution in [3.63, 3.8) is 0 Å². The maximum Gasteiger partial charge on any atom is 0.339 e. The zero-order valence-electron chi connectivity index (χ0n) is 13.3. The topological polar surface area (TPSA) is 86.1 Å². The Kier molecular flexibility index (Phi) is 4.70. The van der Waals surface area contributed by atoms with Gasteiger partial charge >= 0.3 is 5.97 Å². The molecule has 0 aliphatic carbocycles. The van der Waals surface area contributed by atoms with Gasteiger partial charge in [-0.05, 0) is 39.0 Å². The summed E-state index contributed by atoms with van der Waals surface area (Å²) in [5.74, 6) is -1.03. The Balaban J connectivity index is 2.20. The zero-order chi connectivity index (χ0) is 17.2. The number of ether oxygens (including phenoxy) is 1. The fourth-order valence-electron chi connectivity index (χ4n) is 1.75. The molecule has 1 heterocycles. The van der Waals surface area contributed by atoms with Gasteiger partial charge in [0.05, 0.1) is 23.2 Å². The maximum atomic E-state index is 12.2. The van der Waals surface area contributed by atoms with Crippen molar-refractivity contribution in [2.45, 2.75) is 26.3 Å². The molecule has 1 N–H and O–H groups in total. The lowest BCUT2D eigenvalue weighted by atomic mass is 10.1. The van der Waals surface area contributed by atoms with Gasteiger partial charge in [0, 0.05) is 5.69 Å². The molecule has 0 fully saturated rings. The number of hydrogen-bond donors (Lipinski definition) is 1. The highest BCUT2D eigenvalue weighted by molar-refractivity contribution is 6.33. The molecule has 2 aromatic rings. The third kappa shape index (κ3) is 3.87. The molecule has 122 valence electrons. The van der Waals surface area contributed by atoms with Crippen molar-refractivity contribution in [3.05, 3.63) is 40.9 Å². The minimum Gasteiger partial charge on any atom is -0.465 e. The van der Waals surface area contributed by atoms with Crippen LogP contribution in [0.3, 0.4) is 0 Å². The van der Waals surface area contributed by atoms with Crippen LogP contribution < -0.4 is 5.32 Å². The molecule has 8 heteroatoms. The van der Waals surface area contributed by atoms with Crippen LogP contribution in [0.5, 0.6) is 0 Å². The lowest BCUT2D eigenvalue weighted by Crippen LogP contribution is -2.23. The summed E-state index contributed by atoms with van der Waals surface area (Å²) in [6, 6.07) is 4.52. The minimum atomic E-state index is -0.582. The number of hydrogen-bond acceptors (Lipinski definition) is 5. The largest absolute Gasteiger partial charge is 0.465 e. The molecule has 0 unspecified atom stereocenters. The van der Waals surface area contributed by atoms with Crippen LogP contribution in [0.15, 0.2) is 24.5 Å². The molecule has 0 spiro atoms. The fraction of sp³-hybridized carbons (Fsp3) is 0.333. The predicted octanol–water partition coefficient (Wildman–Crippen LogP) is 2.73. The van der Waals surface area contributed by atoms with E-state index in [1.807, 2.05) is 20.8 Å². The second-order valence-corrected chi connectivity index (χ2v) is 6.23. The molecule has 7 nitrogen and oxygen atoms in total. The number of esters is 1. The normalized spacial score (nSPS) is 11.2. The molecule has 0 aliphatic rings. The van der Waals surface area contributed by atoms with E-state index in [1.165, 1.54) is 25.6 Å². The summed E-state index contributed by atoms with van der Waals surface area (Å²) in [6.45, 7) is 5.85. The molecule has 23 heavy (non-hydrogen) atoms. The van der Waals surface area contributed by atoms with Crippen LogP contribution in [0.25, 0.3) is 0 Å². The van der Waals surface area contributed by atoms with E-state index in [2.05, 4.69) is 20.1 Å². The van der Waals surface area contributed by atoms with E-state index in [0.717, 1.165) is 0 Å². The average Bonchev–Trinajstić information content (AvgIpc) is 2.98. The smallest absolute Gasteiger partial charge is 0.339 e. The Bertz CT molecular complexity index is 749. The molecule has 0 saturated carbocycles. The van der Waals surface area contributed by atoms with E-state index in [1.54, 1.807) is 10.7 Å². The number of nitrogens with one attached hydrogen (secondary N) is 1. The molecule has 2 rings (SSSR count). The number of methoxy groups -OCH3 is 1. The predicted molar refractivity (Wildman–Crippen MR) is 85.8 cm³/mol. The van der Waals surface area contributed by atoms with Gasteiger partial charge in [0.2, 0.25) is 5.82 Å². The van der Waals surface area contributed by atoms with Gasteiger partial charge < -0.3 is 10.1 Å². The molecule has 1 aromatic carbocycles. The van der Waals surface area contributed by atoms with Gasteiger partial charge in [0.25, 0.3) is 5.91 Å². The van der Waals surface area contributed by atoms with Gasteiger partial charge in [-0.25, -0.2) is 14.5 Å². The average molecular weight is 337 g/mol. The molecule has 1 amide bonds. The number of benzene rings is 1. The summed E-state index contributed by atoms with van der Waals surface area (Å²) in [5.41, 5.74) is 0.288. The number of carbonyl (C=O) groups excluding carboxylic acids is 2. The number of rotatable bonds is 3. The number of aromatic nitrogens is 3. The van der Waals surface area contributed by atoms with Crippen LogP contribution in [-0.4, -0.2) is 33.8 Å². The van der Waals surface area contributed by atoms with Crippen molar-refractivity contribution in [1.82, 2.24) is 14.8 Å². The Morgan fingerprint density at radius 2 is 2.00 bits per heavy atom. The van der Waals surface area contributed by atoms with Crippen LogP contribution in [-0.2, 0) is 10.3 Å². The highest BCUT2D eigenvalue weighted by Gasteiger charge is 2.19. The van der Waals surface area contributed by atoms with Crippen LogP contribution in [0.2, 0.25) is 5.02 Å². The molecule has 0 atom stereocenters. The highest BCUT2D eigenvalue weighted by Crippen LogP contribution is 2.21. The Labute approximate surface area is 138 Å². The molecular formula is C15H17ClN4O3. The summed E-state index contributed by atoms with van der Waals surface area (Å²) in [5, 5.41) is 7.01. The second-order valence-electron chi connectivity index (χ2n) is 5.82. The van der Waals surface area contributed by atoms with Crippen LogP contribution in [0, 0.1) is 0 Å². The van der Waals surface area contributed by atoms with Crippen molar-refractivity contribution >= 4 is 29.2 Å². The molecule has 0 aliphatic heterocycles. The van der Waals surface area contributed by atoms with Crippen molar-refractivity contribution in [2.24, 2.45) is 0 Å². The van der Waals surface area contributed by atoms with E-state index in [4.69, 9.17) is 11.6 Å². The third-order valence-corrected chi connectivity index (χ3v) is 3.34. The Hall–Kier alpha value is -2.41. The van der Waals surface area contributed by atoms with Gasteiger partial charge in [0.15, 0.2) is 0 Å². The van der Waals surface area contributed by atoms with Crippen molar-refractivity contribution < 1.29 is 14.3 Å². The molecule has 0 bridgehead atoms. The van der Waals surface area contributed by atoms with Crippen molar-refractivity contribution in [2.75, 3.05) is 12.4 Å². The second kappa shape index (κ2) is 6.37. The summed E-state index contributed by atoms with van der Waals surface area (Å²) in [7, 11) is 1.26. The van der Waals surface area contributed by atoms with Gasteiger partial charge in [-0.1, -0.05) is 11.6 Å². The third-order valence-electron chi connectivity index (χ3n) is 3.01. The lowest BCUT2D eigenvalue weighted by Gasteiger charge is -2.17. The highest BCUT2D eigenvalue weighted by atomic mass is 35.5. The SMILES string of the molecule is COC(=O)c1cc(NC(=O)c2ncn(C(C)(C)C)n2)ccc1Cl. The fourth-order valence-corrected chi connectivity index (χ4v) is 1.94. The number of anilines is 1. The van der Waals surface area contributed by atoms with Crippen molar-refractivity contribution in [3.8, 4) is 0 Å². The van der Waals surface area contributed by atoms with Crippen LogP contribution in [0.4, 0.5) is 5.69 Å². The quantitative estimate of drug-likeness (QED) is 0.871. The summed E-state index contributed by atoms with van der Waals surface area (Å²) in [6.07, 6.45) is 1.50. The first-order chi connectivity index (χ1) is 10.7. The van der Waals surface area contributed by atoms with Gasteiger partial charge in [0.1, 0.15) is 6.33 Å². The van der Waals surface area contributed by atoms with E-state index in [-0.39, 0.29) is 21.9 Å². The number of amides is 1. The van der Waals surface area contributed by atoms with Crippen molar-refractivity contribution in [1.29, 1.82) is 0 Å². The van der Waals surface area contributed by atoms with Gasteiger partial charge in [-0.3, -0.25) is 4.79 Å². The number of nitrogens with zero attached hydrogens (tertiary/aromatic N) is 3. The first-order valence-electron chi connectivity index (χ1n) is 6.83. The van der Waals surface area contributed by atoms with Gasteiger partial charge in [-0.2, -0.15) is 0 Å². The molecular weight excluding hydrogens is 320 g/mol. The zero-order valence-corrected chi connectivity index (χ0v) is 14.0. The minimum absolute atomic E-state index is 0.0366. The molecule has 0 radical (unpaired) electrons. The number of carbonyl (C=O) groups is 2. The van der Waals surface area contributed by atoms with Crippen LogP contribution in [0.1, 0.15) is 41.7 Å². The molecule has 0 saturated heterocycles. The van der Waals surface area contributed by atoms with Crippen LogP contribution >= 0.6 is 11.6 Å². The number of halogens is 1. The monoisotopic (exact) mass is 336 g/mol. The van der Waals surface area contributed by atoms with E-state index >= 15 is 0 Å².